The van der Waals surface area contributed by atoms with Crippen LogP contribution in [0.1, 0.15) is 54.6 Å². The highest BCUT2D eigenvalue weighted by Crippen LogP contribution is 2.57. The van der Waals surface area contributed by atoms with Gasteiger partial charge in [-0.25, -0.2) is 14.0 Å². The van der Waals surface area contributed by atoms with E-state index in [1.165, 1.54) is 44.6 Å². The fraction of sp³-hybridized carbons (Fsp3) is 0.421. The van der Waals surface area contributed by atoms with Gasteiger partial charge in [-0.15, -0.1) is 0 Å². The van der Waals surface area contributed by atoms with Gasteiger partial charge < -0.3 is 44.4 Å². The van der Waals surface area contributed by atoms with Crippen molar-refractivity contribution >= 4 is 58.5 Å². The molecular formula is C38H42Cl2FN3O10. The van der Waals surface area contributed by atoms with Gasteiger partial charge in [-0.1, -0.05) is 56.1 Å². The van der Waals surface area contributed by atoms with Gasteiger partial charge in [0.1, 0.15) is 23.6 Å². The van der Waals surface area contributed by atoms with E-state index in [2.05, 4.69) is 16.0 Å². The van der Waals surface area contributed by atoms with Crippen molar-refractivity contribution in [1.82, 2.24) is 5.32 Å². The number of hydrogen-bond acceptors (Lipinski definition) is 11. The number of fused-ring (bicyclic) bond motifs is 2. The Labute approximate surface area is 322 Å². The number of ether oxygens (including phenoxy) is 6. The maximum Gasteiger partial charge on any atom is 0.511 e. The van der Waals surface area contributed by atoms with Crippen LogP contribution < -0.4 is 20.7 Å². The highest BCUT2D eigenvalue weighted by molar-refractivity contribution is 6.31. The molecule has 54 heavy (non-hydrogen) atoms. The molecule has 0 saturated carbocycles. The van der Waals surface area contributed by atoms with Crippen molar-refractivity contribution in [3.8, 4) is 5.75 Å². The molecular weight excluding hydrogens is 748 g/mol. The SMILES string of the molecule is COCCOCCOC(=O)OCOC(=O)c1ccc(NC(=O)[C@@H]2N[C@@H](CC(C)(C)C)C3(C(=O)Nc4cc(Cl)c(F)cc43)[C@H]2c2cccc(Cl)c2)c(OC)c1. The quantitative estimate of drug-likeness (QED) is 0.0935. The minimum Gasteiger partial charge on any atom is -0.495 e. The molecule has 0 aromatic heterocycles. The number of amides is 2. The molecule has 16 heteroatoms. The zero-order chi connectivity index (χ0) is 39.2. The van der Waals surface area contributed by atoms with Crippen molar-refractivity contribution in [2.75, 3.05) is 58.1 Å². The summed E-state index contributed by atoms with van der Waals surface area (Å²) < 4.78 is 45.5. The molecule has 0 aliphatic carbocycles. The smallest absolute Gasteiger partial charge is 0.495 e. The molecule has 1 saturated heterocycles. The third-order valence-electron chi connectivity index (χ3n) is 9.13. The molecule has 2 amide bonds. The van der Waals surface area contributed by atoms with Gasteiger partial charge in [0.15, 0.2) is 0 Å². The second-order valence-electron chi connectivity index (χ2n) is 13.9. The lowest BCUT2D eigenvalue weighted by molar-refractivity contribution is -0.122. The molecule has 2 heterocycles. The first-order valence-electron chi connectivity index (χ1n) is 17.0. The molecule has 4 atom stereocenters. The number of nitrogens with one attached hydrogen (secondary N) is 3. The van der Waals surface area contributed by atoms with Crippen LogP contribution >= 0.6 is 23.2 Å². The van der Waals surface area contributed by atoms with Gasteiger partial charge >= 0.3 is 12.1 Å². The van der Waals surface area contributed by atoms with Gasteiger partial charge in [-0.2, -0.15) is 0 Å². The summed E-state index contributed by atoms with van der Waals surface area (Å²) in [4.78, 5) is 53.4. The second kappa shape index (κ2) is 17.3. The Balaban J connectivity index is 1.38. The summed E-state index contributed by atoms with van der Waals surface area (Å²) in [5.41, 5.74) is -0.229. The number of esters is 1. The van der Waals surface area contributed by atoms with Gasteiger partial charge in [0.2, 0.25) is 18.6 Å². The first-order valence-corrected chi connectivity index (χ1v) is 17.8. The molecule has 0 bridgehead atoms. The summed E-state index contributed by atoms with van der Waals surface area (Å²) >= 11 is 12.6. The van der Waals surface area contributed by atoms with Gasteiger partial charge in [0.25, 0.3) is 0 Å². The number of rotatable bonds is 14. The van der Waals surface area contributed by atoms with Crippen LogP contribution in [0.2, 0.25) is 10.0 Å². The number of halogens is 3. The molecule has 2 aliphatic heterocycles. The third kappa shape index (κ3) is 8.90. The van der Waals surface area contributed by atoms with Crippen molar-refractivity contribution in [1.29, 1.82) is 0 Å². The van der Waals surface area contributed by atoms with E-state index in [9.17, 15) is 19.2 Å². The van der Waals surface area contributed by atoms with Crippen molar-refractivity contribution in [2.24, 2.45) is 5.41 Å². The van der Waals surface area contributed by atoms with E-state index < -0.39 is 60.0 Å². The van der Waals surface area contributed by atoms with Crippen molar-refractivity contribution in [3.63, 3.8) is 0 Å². The highest BCUT2D eigenvalue weighted by atomic mass is 35.5. The second-order valence-corrected chi connectivity index (χ2v) is 14.8. The van der Waals surface area contributed by atoms with Gasteiger partial charge in [-0.05, 0) is 65.4 Å². The Morgan fingerprint density at radius 2 is 1.70 bits per heavy atom. The van der Waals surface area contributed by atoms with Gasteiger partial charge in [-0.3, -0.25) is 9.59 Å². The van der Waals surface area contributed by atoms with Crippen LogP contribution in [0.4, 0.5) is 20.6 Å². The standard InChI is InChI=1S/C38H42Cl2FN3O10/c1-37(2,3)19-30-38(24-17-26(41)25(40)18-28(24)43-35(38)47)31(21-7-6-8-23(39)15-21)32(44-30)33(45)42-27-10-9-22(16-29(27)50-5)34(46)53-20-54-36(48)52-14-13-51-12-11-49-4/h6-10,15-18,30-32,44H,11-14,19-20H2,1-5H3,(H,42,45)(H,43,47)/t30-,31-,32+,38?/m0/s1. The van der Waals surface area contributed by atoms with Crippen LogP contribution in [0, 0.1) is 11.2 Å². The monoisotopic (exact) mass is 789 g/mol. The van der Waals surface area contributed by atoms with E-state index in [0.29, 0.717) is 41.5 Å². The van der Waals surface area contributed by atoms with Crippen molar-refractivity contribution in [2.45, 2.75) is 50.6 Å². The average molecular weight is 791 g/mol. The van der Waals surface area contributed by atoms with Crippen LogP contribution in [0.25, 0.3) is 0 Å². The molecule has 5 rings (SSSR count). The zero-order valence-corrected chi connectivity index (χ0v) is 31.9. The number of carbonyl (C=O) groups excluding carboxylic acids is 4. The molecule has 1 fully saturated rings. The number of benzene rings is 3. The first kappa shape index (κ1) is 40.7. The van der Waals surface area contributed by atoms with Crippen molar-refractivity contribution in [3.05, 3.63) is 87.2 Å². The summed E-state index contributed by atoms with van der Waals surface area (Å²) in [6.07, 6.45) is -0.625. The number of anilines is 2. The summed E-state index contributed by atoms with van der Waals surface area (Å²) in [5, 5.41) is 9.48. The molecule has 13 nitrogen and oxygen atoms in total. The Hall–Kier alpha value is -4.47. The maximum absolute atomic E-state index is 15.2. The van der Waals surface area contributed by atoms with Crippen LogP contribution in [0.3, 0.4) is 0 Å². The fourth-order valence-electron chi connectivity index (χ4n) is 6.95. The normalized spacial score (nSPS) is 20.3. The average Bonchev–Trinajstić information content (AvgIpc) is 3.59. The third-order valence-corrected chi connectivity index (χ3v) is 9.66. The Morgan fingerprint density at radius 3 is 2.41 bits per heavy atom. The van der Waals surface area contributed by atoms with Crippen LogP contribution in [0.5, 0.6) is 5.75 Å². The Bertz CT molecular complexity index is 1890. The van der Waals surface area contributed by atoms with Gasteiger partial charge in [0.05, 0.1) is 49.2 Å². The predicted octanol–water partition coefficient (Wildman–Crippen LogP) is 6.46. The van der Waals surface area contributed by atoms with Crippen LogP contribution in [-0.2, 0) is 38.7 Å². The first-order chi connectivity index (χ1) is 25.7. The van der Waals surface area contributed by atoms with E-state index in [1.54, 1.807) is 24.3 Å². The van der Waals surface area contributed by atoms with Gasteiger partial charge in [0, 0.05) is 29.8 Å². The molecule has 0 radical (unpaired) electrons. The molecule has 1 spiro atoms. The maximum atomic E-state index is 15.2. The summed E-state index contributed by atoms with van der Waals surface area (Å²) in [5.74, 6) is -3.24. The summed E-state index contributed by atoms with van der Waals surface area (Å²) in [6, 6.07) is 12.0. The Kier molecular flexibility index (Phi) is 13.1. The predicted molar refractivity (Wildman–Crippen MR) is 198 cm³/mol. The molecule has 3 aromatic carbocycles. The Morgan fingerprint density at radius 1 is 0.944 bits per heavy atom. The van der Waals surface area contributed by atoms with E-state index in [1.807, 2.05) is 20.8 Å². The van der Waals surface area contributed by atoms with E-state index in [-0.39, 0.29) is 40.7 Å². The minimum atomic E-state index is -1.45. The minimum absolute atomic E-state index is 0.0354. The summed E-state index contributed by atoms with van der Waals surface area (Å²) in [6.45, 7) is 6.12. The number of methoxy groups -OCH3 is 2. The topological polar surface area (TPSA) is 160 Å². The summed E-state index contributed by atoms with van der Waals surface area (Å²) in [7, 11) is 2.89. The lowest BCUT2D eigenvalue weighted by Crippen LogP contribution is -2.49. The molecule has 2 aliphatic rings. The number of carbonyl (C=O) groups is 4. The zero-order valence-electron chi connectivity index (χ0n) is 30.4. The molecule has 290 valence electrons. The molecule has 3 aromatic rings. The van der Waals surface area contributed by atoms with Crippen molar-refractivity contribution < 1.29 is 52.0 Å². The highest BCUT2D eigenvalue weighted by Gasteiger charge is 2.66. The lowest BCUT2D eigenvalue weighted by Gasteiger charge is -2.37. The number of hydrogen-bond donors (Lipinski definition) is 3. The lowest BCUT2D eigenvalue weighted by atomic mass is 9.62. The van der Waals surface area contributed by atoms with E-state index in [4.69, 9.17) is 51.6 Å². The van der Waals surface area contributed by atoms with Crippen LogP contribution in [-0.4, -0.2) is 83.5 Å². The largest absolute Gasteiger partial charge is 0.511 e. The molecule has 3 N–H and O–H groups in total. The van der Waals surface area contributed by atoms with E-state index >= 15 is 4.39 Å². The fourth-order valence-corrected chi connectivity index (χ4v) is 7.31. The van der Waals surface area contributed by atoms with E-state index in [0.717, 1.165) is 0 Å². The molecule has 1 unspecified atom stereocenters. The van der Waals surface area contributed by atoms with Crippen LogP contribution in [0.15, 0.2) is 54.6 Å².